The number of ether oxygens (including phenoxy) is 2. The van der Waals surface area contributed by atoms with Crippen LogP contribution >= 0.6 is 11.3 Å². The summed E-state index contributed by atoms with van der Waals surface area (Å²) in [6.07, 6.45) is 2.24. The fourth-order valence-corrected chi connectivity index (χ4v) is 3.13. The van der Waals surface area contributed by atoms with E-state index in [0.717, 1.165) is 17.9 Å². The Balaban J connectivity index is 1.59. The molecule has 8 heteroatoms. The van der Waals surface area contributed by atoms with Crippen LogP contribution in [0, 0.1) is 0 Å². The number of thiazole rings is 1. The van der Waals surface area contributed by atoms with Gasteiger partial charge in [-0.3, -0.25) is 4.79 Å². The Morgan fingerprint density at radius 2 is 2.32 bits per heavy atom. The van der Waals surface area contributed by atoms with Gasteiger partial charge in [-0.1, -0.05) is 0 Å². The van der Waals surface area contributed by atoms with Gasteiger partial charge in [-0.25, -0.2) is 9.97 Å². The number of anilines is 1. The number of nitrogens with zero attached hydrogens (tertiary/aromatic N) is 3. The first-order valence-electron chi connectivity index (χ1n) is 8.14. The number of nitrogens with one attached hydrogen (secondary N) is 1. The van der Waals surface area contributed by atoms with E-state index >= 15 is 0 Å². The number of hydrogen-bond acceptors (Lipinski definition) is 7. The van der Waals surface area contributed by atoms with Gasteiger partial charge in [0.05, 0.1) is 42.1 Å². The second kappa shape index (κ2) is 8.37. The molecule has 0 spiro atoms. The minimum atomic E-state index is -0.187. The normalized spacial score (nSPS) is 20.2. The van der Waals surface area contributed by atoms with Gasteiger partial charge < -0.3 is 19.7 Å². The molecule has 3 heterocycles. The molecule has 2 atom stereocenters. The van der Waals surface area contributed by atoms with Crippen LogP contribution in [0.15, 0.2) is 29.2 Å². The van der Waals surface area contributed by atoms with Gasteiger partial charge >= 0.3 is 0 Å². The Kier molecular flexibility index (Phi) is 5.95. The van der Waals surface area contributed by atoms with Crippen LogP contribution in [0.4, 0.5) is 5.82 Å². The molecular weight excluding hydrogens is 340 g/mol. The molecule has 1 N–H and O–H groups in total. The summed E-state index contributed by atoms with van der Waals surface area (Å²) >= 11 is 1.54. The van der Waals surface area contributed by atoms with E-state index in [2.05, 4.69) is 15.3 Å². The van der Waals surface area contributed by atoms with Crippen molar-refractivity contribution in [2.75, 3.05) is 32.2 Å². The van der Waals surface area contributed by atoms with Crippen LogP contribution in [0.1, 0.15) is 22.5 Å². The van der Waals surface area contributed by atoms with Gasteiger partial charge in [0.15, 0.2) is 0 Å². The molecular formula is C17H22N4O3S. The van der Waals surface area contributed by atoms with Gasteiger partial charge in [-0.15, -0.1) is 11.3 Å². The average molecular weight is 362 g/mol. The Morgan fingerprint density at radius 3 is 3.00 bits per heavy atom. The van der Waals surface area contributed by atoms with Gasteiger partial charge in [-0.05, 0) is 18.6 Å². The van der Waals surface area contributed by atoms with Crippen molar-refractivity contribution in [1.29, 1.82) is 0 Å². The van der Waals surface area contributed by atoms with Crippen LogP contribution in [-0.4, -0.2) is 55.3 Å². The molecule has 2 aromatic rings. The highest BCUT2D eigenvalue weighted by Gasteiger charge is 2.28. The fourth-order valence-electron chi connectivity index (χ4n) is 2.59. The summed E-state index contributed by atoms with van der Waals surface area (Å²) in [4.78, 5) is 22.9. The molecule has 0 aromatic carbocycles. The fraction of sp³-hybridized carbons (Fsp3) is 0.471. The van der Waals surface area contributed by atoms with Gasteiger partial charge in [0.1, 0.15) is 5.82 Å². The van der Waals surface area contributed by atoms with Crippen LogP contribution in [0.3, 0.4) is 0 Å². The Morgan fingerprint density at radius 1 is 1.44 bits per heavy atom. The summed E-state index contributed by atoms with van der Waals surface area (Å²) in [7, 11) is 3.82. The van der Waals surface area contributed by atoms with Crippen molar-refractivity contribution < 1.29 is 14.3 Å². The molecule has 2 aromatic heterocycles. The van der Waals surface area contributed by atoms with Gasteiger partial charge in [0.25, 0.3) is 5.91 Å². The molecule has 1 aliphatic rings. The first-order chi connectivity index (χ1) is 12.1. The smallest absolute Gasteiger partial charge is 0.253 e. The van der Waals surface area contributed by atoms with Crippen LogP contribution < -0.4 is 10.2 Å². The van der Waals surface area contributed by atoms with Crippen LogP contribution in [0.25, 0.3) is 0 Å². The van der Waals surface area contributed by atoms with Crippen molar-refractivity contribution in [2.45, 2.75) is 25.2 Å². The molecule has 0 saturated carbocycles. The molecule has 0 aliphatic carbocycles. The van der Waals surface area contributed by atoms with Gasteiger partial charge in [0, 0.05) is 32.3 Å². The van der Waals surface area contributed by atoms with Crippen LogP contribution in [-0.2, 0) is 16.1 Å². The quantitative estimate of drug-likeness (QED) is 0.843. The minimum Gasteiger partial charge on any atom is -0.379 e. The second-order valence-corrected chi connectivity index (χ2v) is 6.79. The zero-order valence-corrected chi connectivity index (χ0v) is 15.2. The number of pyridine rings is 1. The van der Waals surface area contributed by atoms with E-state index in [9.17, 15) is 4.79 Å². The molecule has 0 radical (unpaired) electrons. The summed E-state index contributed by atoms with van der Waals surface area (Å²) < 4.78 is 11.5. The summed E-state index contributed by atoms with van der Waals surface area (Å²) in [5.74, 6) is 0.637. The Bertz CT molecular complexity index is 676. The van der Waals surface area contributed by atoms with Crippen molar-refractivity contribution in [3.8, 4) is 0 Å². The van der Waals surface area contributed by atoms with E-state index in [-0.39, 0.29) is 18.1 Å². The molecule has 0 bridgehead atoms. The van der Waals surface area contributed by atoms with Gasteiger partial charge in [-0.2, -0.15) is 0 Å². The molecule has 134 valence electrons. The lowest BCUT2D eigenvalue weighted by atomic mass is 10.1. The third-order valence-electron chi connectivity index (χ3n) is 4.01. The zero-order chi connectivity index (χ0) is 17.6. The third-order valence-corrected chi connectivity index (χ3v) is 4.64. The summed E-state index contributed by atoms with van der Waals surface area (Å²) in [6, 6.07) is 3.41. The highest BCUT2D eigenvalue weighted by Crippen LogP contribution is 2.16. The molecule has 0 unspecified atom stereocenters. The second-order valence-electron chi connectivity index (χ2n) is 6.07. The van der Waals surface area contributed by atoms with Crippen molar-refractivity contribution in [1.82, 2.24) is 15.3 Å². The first-order valence-corrected chi connectivity index (χ1v) is 9.08. The summed E-state index contributed by atoms with van der Waals surface area (Å²) in [5, 5.41) is 4.97. The lowest BCUT2D eigenvalue weighted by molar-refractivity contribution is -0.0611. The van der Waals surface area contributed by atoms with E-state index in [4.69, 9.17) is 9.47 Å². The lowest BCUT2D eigenvalue weighted by Gasteiger charge is -2.32. The number of hydrogen-bond donors (Lipinski definition) is 1. The maximum atomic E-state index is 12.5. The topological polar surface area (TPSA) is 76.6 Å². The number of rotatable bonds is 6. The number of carbonyl (C=O) groups excluding carboxylic acids is 1. The van der Waals surface area contributed by atoms with E-state index in [1.165, 1.54) is 0 Å². The number of carbonyl (C=O) groups is 1. The van der Waals surface area contributed by atoms with Crippen molar-refractivity contribution in [3.05, 3.63) is 40.5 Å². The van der Waals surface area contributed by atoms with E-state index in [1.807, 2.05) is 30.4 Å². The van der Waals surface area contributed by atoms with E-state index < -0.39 is 0 Å². The highest BCUT2D eigenvalue weighted by molar-refractivity contribution is 7.07. The van der Waals surface area contributed by atoms with E-state index in [1.54, 1.807) is 29.1 Å². The van der Waals surface area contributed by atoms with Crippen molar-refractivity contribution >= 4 is 23.1 Å². The number of amides is 1. The Hall–Kier alpha value is -2.03. The lowest BCUT2D eigenvalue weighted by Crippen LogP contribution is -2.50. The minimum absolute atomic E-state index is 0.0894. The third kappa shape index (κ3) is 4.75. The Labute approximate surface area is 151 Å². The molecule has 25 heavy (non-hydrogen) atoms. The van der Waals surface area contributed by atoms with Crippen molar-refractivity contribution in [2.24, 2.45) is 0 Å². The predicted molar refractivity (Wildman–Crippen MR) is 95.9 cm³/mol. The standard InChI is InChI=1S/C17H22N4O3S/c1-21(2)16-4-3-12(7-18-16)17(22)20-14-9-23-6-5-15(14)24-8-13-10-25-11-19-13/h3-4,7,10-11,14-15H,5-6,8-9H2,1-2H3,(H,20,22)/t14-,15+/m1/s1. The summed E-state index contributed by atoms with van der Waals surface area (Å²) in [5.41, 5.74) is 3.21. The summed E-state index contributed by atoms with van der Waals surface area (Å²) in [6.45, 7) is 1.52. The van der Waals surface area contributed by atoms with Crippen molar-refractivity contribution in [3.63, 3.8) is 0 Å². The highest BCUT2D eigenvalue weighted by atomic mass is 32.1. The largest absolute Gasteiger partial charge is 0.379 e. The molecule has 7 nitrogen and oxygen atoms in total. The zero-order valence-electron chi connectivity index (χ0n) is 14.3. The molecule has 1 fully saturated rings. The predicted octanol–water partition coefficient (Wildman–Crippen LogP) is 1.71. The average Bonchev–Trinajstić information content (AvgIpc) is 3.14. The first kappa shape index (κ1) is 17.8. The molecule has 1 aliphatic heterocycles. The van der Waals surface area contributed by atoms with Gasteiger partial charge in [0.2, 0.25) is 0 Å². The molecule has 3 rings (SSSR count). The maximum Gasteiger partial charge on any atom is 0.253 e. The molecule has 1 amide bonds. The maximum absolute atomic E-state index is 12.5. The van der Waals surface area contributed by atoms with Crippen LogP contribution in [0.2, 0.25) is 0 Å². The van der Waals surface area contributed by atoms with Crippen LogP contribution in [0.5, 0.6) is 0 Å². The SMILES string of the molecule is CN(C)c1ccc(C(=O)N[C@@H]2COCC[C@@H]2OCc2cscn2)cn1. The molecule has 1 saturated heterocycles. The monoisotopic (exact) mass is 362 g/mol. The number of aromatic nitrogens is 2. The van der Waals surface area contributed by atoms with E-state index in [0.29, 0.717) is 25.4 Å².